The van der Waals surface area contributed by atoms with Gasteiger partial charge in [0.2, 0.25) is 15.8 Å². The fraction of sp³-hybridized carbons (Fsp3) is 0.167. The molecular formula is C24H18F5N3O3S. The maximum atomic E-state index is 15.3. The first-order valence-corrected chi connectivity index (χ1v) is 12.1. The largest absolute Gasteiger partial charge is 0.416 e. The summed E-state index contributed by atoms with van der Waals surface area (Å²) in [6.45, 7) is 1.45. The Balaban J connectivity index is 1.80. The fourth-order valence-corrected chi connectivity index (χ4v) is 4.99. The summed E-state index contributed by atoms with van der Waals surface area (Å²) in [4.78, 5) is 20.1. The molecule has 2 aromatic heterocycles. The van der Waals surface area contributed by atoms with E-state index in [2.05, 4.69) is 9.97 Å². The van der Waals surface area contributed by atoms with Gasteiger partial charge in [-0.05, 0) is 36.2 Å². The zero-order valence-electron chi connectivity index (χ0n) is 18.5. The van der Waals surface area contributed by atoms with E-state index in [0.717, 1.165) is 24.3 Å². The SMILES string of the molecule is CCC(c1ccc(F)c(C(=O)c2c[nH]c3ncc(-c4ccc(C(F)(F)F)cc4)cc23)c1F)S(N)(=O)=O. The number of halogens is 5. The highest BCUT2D eigenvalue weighted by atomic mass is 32.2. The zero-order chi connectivity index (χ0) is 26.4. The number of aromatic nitrogens is 2. The summed E-state index contributed by atoms with van der Waals surface area (Å²) in [5, 5.41) is 3.86. The second-order valence-corrected chi connectivity index (χ2v) is 9.79. The van der Waals surface area contributed by atoms with Crippen LogP contribution in [-0.4, -0.2) is 24.2 Å². The van der Waals surface area contributed by atoms with Crippen LogP contribution in [0.15, 0.2) is 54.9 Å². The number of primary sulfonamides is 1. The monoisotopic (exact) mass is 523 g/mol. The van der Waals surface area contributed by atoms with Crippen molar-refractivity contribution in [3.8, 4) is 11.1 Å². The first kappa shape index (κ1) is 25.5. The summed E-state index contributed by atoms with van der Waals surface area (Å²) in [7, 11) is -4.24. The lowest BCUT2D eigenvalue weighted by Gasteiger charge is -2.16. The summed E-state index contributed by atoms with van der Waals surface area (Å²) >= 11 is 0. The molecule has 1 unspecified atom stereocenters. The third-order valence-electron chi connectivity index (χ3n) is 5.78. The quantitative estimate of drug-likeness (QED) is 0.257. The molecule has 36 heavy (non-hydrogen) atoms. The van der Waals surface area contributed by atoms with Crippen molar-refractivity contribution in [1.29, 1.82) is 0 Å². The molecule has 0 aliphatic rings. The van der Waals surface area contributed by atoms with E-state index in [1.807, 2.05) is 0 Å². The molecule has 0 radical (unpaired) electrons. The number of ketones is 1. The summed E-state index contributed by atoms with van der Waals surface area (Å²) < 4.78 is 92.4. The molecule has 0 aliphatic carbocycles. The highest BCUT2D eigenvalue weighted by molar-refractivity contribution is 7.89. The number of nitrogens with two attached hydrogens (primary N) is 1. The number of nitrogens with zero attached hydrogens (tertiary/aromatic N) is 1. The minimum atomic E-state index is -4.51. The van der Waals surface area contributed by atoms with Crippen LogP contribution < -0.4 is 5.14 Å². The number of pyridine rings is 1. The van der Waals surface area contributed by atoms with Gasteiger partial charge in [0.25, 0.3) is 0 Å². The maximum Gasteiger partial charge on any atom is 0.416 e. The van der Waals surface area contributed by atoms with Crippen molar-refractivity contribution in [2.75, 3.05) is 0 Å². The van der Waals surface area contributed by atoms with Gasteiger partial charge in [0.1, 0.15) is 22.5 Å². The summed E-state index contributed by atoms with van der Waals surface area (Å²) in [5.74, 6) is -3.62. The molecule has 0 saturated heterocycles. The number of benzene rings is 2. The van der Waals surface area contributed by atoms with E-state index in [1.54, 1.807) is 0 Å². The van der Waals surface area contributed by atoms with Crippen LogP contribution in [0.1, 0.15) is 45.6 Å². The van der Waals surface area contributed by atoms with Gasteiger partial charge in [-0.1, -0.05) is 25.1 Å². The minimum absolute atomic E-state index is 0.109. The van der Waals surface area contributed by atoms with Crippen LogP contribution in [0, 0.1) is 11.6 Å². The first-order chi connectivity index (χ1) is 16.8. The Labute approximate surface area is 202 Å². The average molecular weight is 523 g/mol. The Hall–Kier alpha value is -3.64. The van der Waals surface area contributed by atoms with Gasteiger partial charge in [0, 0.05) is 34.5 Å². The molecule has 2 aromatic carbocycles. The van der Waals surface area contributed by atoms with E-state index in [0.29, 0.717) is 11.1 Å². The molecule has 0 saturated carbocycles. The van der Waals surface area contributed by atoms with Crippen LogP contribution in [-0.2, 0) is 16.2 Å². The Morgan fingerprint density at radius 2 is 1.75 bits per heavy atom. The van der Waals surface area contributed by atoms with Crippen LogP contribution in [0.25, 0.3) is 22.2 Å². The predicted molar refractivity (Wildman–Crippen MR) is 122 cm³/mol. The van der Waals surface area contributed by atoms with Crippen LogP contribution in [0.2, 0.25) is 0 Å². The molecule has 188 valence electrons. The lowest BCUT2D eigenvalue weighted by molar-refractivity contribution is -0.137. The van der Waals surface area contributed by atoms with Crippen molar-refractivity contribution in [3.63, 3.8) is 0 Å². The molecule has 4 rings (SSSR count). The van der Waals surface area contributed by atoms with Crippen LogP contribution in [0.5, 0.6) is 0 Å². The van der Waals surface area contributed by atoms with E-state index in [1.165, 1.54) is 37.5 Å². The number of H-pyrrole nitrogens is 1. The molecule has 0 bridgehead atoms. The third-order valence-corrected chi connectivity index (χ3v) is 7.16. The standard InChI is InChI=1S/C24H18F5N3O3S/c1-2-19(36(30,34)35)15-7-8-18(25)20(21(15)26)22(33)17-11-32-23-16(17)9-13(10-31-23)12-3-5-14(6-4-12)24(27,28)29/h3-11,19H,2H2,1H3,(H,31,32)(H2,30,34,35). The van der Waals surface area contributed by atoms with Crippen molar-refractivity contribution >= 4 is 26.8 Å². The van der Waals surface area contributed by atoms with Gasteiger partial charge in [-0.2, -0.15) is 13.2 Å². The van der Waals surface area contributed by atoms with E-state index in [9.17, 15) is 30.8 Å². The Morgan fingerprint density at radius 1 is 1.08 bits per heavy atom. The second kappa shape index (κ2) is 9.10. The topological polar surface area (TPSA) is 106 Å². The van der Waals surface area contributed by atoms with Crippen molar-refractivity contribution < 1.29 is 35.2 Å². The number of hydrogen-bond donors (Lipinski definition) is 2. The molecule has 0 amide bonds. The number of rotatable bonds is 6. The van der Waals surface area contributed by atoms with E-state index in [-0.39, 0.29) is 23.0 Å². The number of fused-ring (bicyclic) bond motifs is 1. The number of nitrogens with one attached hydrogen (secondary N) is 1. The number of hydrogen-bond acceptors (Lipinski definition) is 4. The van der Waals surface area contributed by atoms with E-state index < -0.39 is 55.6 Å². The molecular weight excluding hydrogens is 505 g/mol. The van der Waals surface area contributed by atoms with Gasteiger partial charge in [-0.3, -0.25) is 4.79 Å². The summed E-state index contributed by atoms with van der Waals surface area (Å²) in [6.07, 6.45) is -2.05. The molecule has 12 heteroatoms. The summed E-state index contributed by atoms with van der Waals surface area (Å²) in [5.41, 5.74) is -1.47. The Morgan fingerprint density at radius 3 is 2.33 bits per heavy atom. The smallest absolute Gasteiger partial charge is 0.345 e. The molecule has 6 nitrogen and oxygen atoms in total. The molecule has 3 N–H and O–H groups in total. The lowest BCUT2D eigenvalue weighted by Crippen LogP contribution is -2.23. The van der Waals surface area contributed by atoms with Gasteiger partial charge in [0.15, 0.2) is 0 Å². The molecule has 2 heterocycles. The highest BCUT2D eigenvalue weighted by Crippen LogP contribution is 2.34. The van der Waals surface area contributed by atoms with Crippen LogP contribution in [0.4, 0.5) is 22.0 Å². The van der Waals surface area contributed by atoms with Crippen LogP contribution in [0.3, 0.4) is 0 Å². The van der Waals surface area contributed by atoms with Crippen molar-refractivity contribution in [2.45, 2.75) is 24.8 Å². The van der Waals surface area contributed by atoms with Gasteiger partial charge in [-0.25, -0.2) is 27.3 Å². The highest BCUT2D eigenvalue weighted by Gasteiger charge is 2.31. The predicted octanol–water partition coefficient (Wildman–Crippen LogP) is 5.50. The molecule has 1 atom stereocenters. The Kier molecular flexibility index (Phi) is 6.43. The van der Waals surface area contributed by atoms with E-state index >= 15 is 4.39 Å². The van der Waals surface area contributed by atoms with Gasteiger partial charge in [-0.15, -0.1) is 0 Å². The normalized spacial score (nSPS) is 13.2. The zero-order valence-corrected chi connectivity index (χ0v) is 19.3. The van der Waals surface area contributed by atoms with Crippen molar-refractivity contribution in [3.05, 3.63) is 88.7 Å². The summed E-state index contributed by atoms with van der Waals surface area (Å²) in [6, 6.07) is 7.44. The van der Waals surface area contributed by atoms with Crippen LogP contribution >= 0.6 is 0 Å². The van der Waals surface area contributed by atoms with E-state index in [4.69, 9.17) is 5.14 Å². The first-order valence-electron chi connectivity index (χ1n) is 10.5. The average Bonchev–Trinajstić information content (AvgIpc) is 3.23. The Bertz CT molecular complexity index is 1580. The van der Waals surface area contributed by atoms with Crippen molar-refractivity contribution in [2.24, 2.45) is 5.14 Å². The number of carbonyl (C=O) groups excluding carboxylic acids is 1. The molecule has 0 spiro atoms. The second-order valence-electron chi connectivity index (χ2n) is 8.04. The third kappa shape index (κ3) is 4.61. The molecule has 0 fully saturated rings. The van der Waals surface area contributed by atoms with Gasteiger partial charge in [0.05, 0.1) is 11.1 Å². The molecule has 4 aromatic rings. The number of sulfonamides is 1. The lowest BCUT2D eigenvalue weighted by atomic mass is 9.97. The number of carbonyl (C=O) groups is 1. The molecule has 0 aliphatic heterocycles. The number of alkyl halides is 3. The number of aromatic amines is 1. The van der Waals surface area contributed by atoms with Crippen molar-refractivity contribution in [1.82, 2.24) is 9.97 Å². The minimum Gasteiger partial charge on any atom is -0.345 e. The fourth-order valence-electron chi connectivity index (χ4n) is 3.99. The maximum absolute atomic E-state index is 15.3. The van der Waals surface area contributed by atoms with Gasteiger partial charge < -0.3 is 4.98 Å². The van der Waals surface area contributed by atoms with Gasteiger partial charge >= 0.3 is 6.18 Å².